The van der Waals surface area contributed by atoms with Gasteiger partial charge in [-0.2, -0.15) is 5.26 Å². The van der Waals surface area contributed by atoms with E-state index in [1.54, 1.807) is 6.08 Å². The Morgan fingerprint density at radius 1 is 1.18 bits per heavy atom. The van der Waals surface area contributed by atoms with Crippen molar-refractivity contribution >= 4 is 18.0 Å². The number of nitrogens with two attached hydrogens (primary N) is 1. The Morgan fingerprint density at radius 2 is 1.94 bits per heavy atom. The minimum Gasteiger partial charge on any atom is -0.382 e. The zero-order valence-corrected chi connectivity index (χ0v) is 9.04. The van der Waals surface area contributed by atoms with Crippen LogP contribution < -0.4 is 5.73 Å². The predicted molar refractivity (Wildman–Crippen MR) is 66.5 cm³/mol. The van der Waals surface area contributed by atoms with Gasteiger partial charge < -0.3 is 5.73 Å². The number of nitrogen functional groups attached to an aromatic ring is 1. The van der Waals surface area contributed by atoms with Crippen LogP contribution in [-0.2, 0) is 0 Å². The standard InChI is InChI=1S/C13H10N4/c14-8-11-9-16-12(17-13(11)15)7-6-10-4-2-1-3-5-10/h1-7,9H,(H2,15,16,17). The lowest BCUT2D eigenvalue weighted by Crippen LogP contribution is -1.98. The first-order chi connectivity index (χ1) is 8.29. The van der Waals surface area contributed by atoms with Crippen molar-refractivity contribution in [1.82, 2.24) is 9.97 Å². The summed E-state index contributed by atoms with van der Waals surface area (Å²) in [6, 6.07) is 11.7. The van der Waals surface area contributed by atoms with Crippen molar-refractivity contribution in [2.75, 3.05) is 5.73 Å². The largest absolute Gasteiger partial charge is 0.382 e. The van der Waals surface area contributed by atoms with Crippen LogP contribution in [0.4, 0.5) is 5.82 Å². The van der Waals surface area contributed by atoms with Gasteiger partial charge in [-0.1, -0.05) is 36.4 Å². The second-order valence-corrected chi connectivity index (χ2v) is 3.38. The summed E-state index contributed by atoms with van der Waals surface area (Å²) in [7, 11) is 0. The fraction of sp³-hybridized carbons (Fsp3) is 0. The van der Waals surface area contributed by atoms with Crippen LogP contribution >= 0.6 is 0 Å². The zero-order chi connectivity index (χ0) is 12.1. The van der Waals surface area contributed by atoms with Crippen LogP contribution in [-0.4, -0.2) is 9.97 Å². The van der Waals surface area contributed by atoms with Gasteiger partial charge in [-0.3, -0.25) is 0 Å². The zero-order valence-electron chi connectivity index (χ0n) is 9.04. The molecule has 1 aromatic carbocycles. The summed E-state index contributed by atoms with van der Waals surface area (Å²) in [5.41, 5.74) is 6.94. The Bertz CT molecular complexity index is 582. The van der Waals surface area contributed by atoms with E-state index in [1.807, 2.05) is 42.5 Å². The number of anilines is 1. The molecular formula is C13H10N4. The highest BCUT2D eigenvalue weighted by Crippen LogP contribution is 2.08. The molecule has 1 aromatic heterocycles. The number of nitrogens with zero attached hydrogens (tertiary/aromatic N) is 3. The number of hydrogen-bond acceptors (Lipinski definition) is 4. The van der Waals surface area contributed by atoms with Crippen molar-refractivity contribution in [3.63, 3.8) is 0 Å². The van der Waals surface area contributed by atoms with Gasteiger partial charge in [0.2, 0.25) is 0 Å². The topological polar surface area (TPSA) is 75.6 Å². The van der Waals surface area contributed by atoms with Gasteiger partial charge in [0, 0.05) is 0 Å². The Morgan fingerprint density at radius 3 is 2.59 bits per heavy atom. The van der Waals surface area contributed by atoms with E-state index in [-0.39, 0.29) is 5.82 Å². The third-order valence-corrected chi connectivity index (χ3v) is 2.18. The Balaban J connectivity index is 2.23. The SMILES string of the molecule is N#Cc1cnc(C=Cc2ccccc2)nc1N. The van der Waals surface area contributed by atoms with Gasteiger partial charge in [0.05, 0.1) is 6.20 Å². The molecule has 0 fully saturated rings. The molecule has 0 spiro atoms. The van der Waals surface area contributed by atoms with Gasteiger partial charge in [-0.05, 0) is 11.6 Å². The van der Waals surface area contributed by atoms with Crippen LogP contribution in [0.3, 0.4) is 0 Å². The summed E-state index contributed by atoms with van der Waals surface area (Å²) in [6.45, 7) is 0. The smallest absolute Gasteiger partial charge is 0.154 e. The second kappa shape index (κ2) is 4.90. The second-order valence-electron chi connectivity index (χ2n) is 3.38. The van der Waals surface area contributed by atoms with Crippen LogP contribution in [0.2, 0.25) is 0 Å². The lowest BCUT2D eigenvalue weighted by molar-refractivity contribution is 1.13. The lowest BCUT2D eigenvalue weighted by atomic mass is 10.2. The molecule has 82 valence electrons. The molecule has 0 amide bonds. The lowest BCUT2D eigenvalue weighted by Gasteiger charge is -1.97. The van der Waals surface area contributed by atoms with Crippen molar-refractivity contribution in [3.05, 3.63) is 53.5 Å². The first-order valence-corrected chi connectivity index (χ1v) is 5.05. The predicted octanol–water partition coefficient (Wildman–Crippen LogP) is 2.10. The minimum absolute atomic E-state index is 0.204. The summed E-state index contributed by atoms with van der Waals surface area (Å²) in [6.07, 6.45) is 5.07. The van der Waals surface area contributed by atoms with Crippen LogP contribution in [0.5, 0.6) is 0 Å². The number of aromatic nitrogens is 2. The molecule has 0 unspecified atom stereocenters. The number of hydrogen-bond donors (Lipinski definition) is 1. The Kier molecular flexibility index (Phi) is 3.13. The van der Waals surface area contributed by atoms with Crippen LogP contribution in [0.15, 0.2) is 36.5 Å². The molecule has 1 heterocycles. The first-order valence-electron chi connectivity index (χ1n) is 5.05. The Labute approximate surface area is 99.1 Å². The van der Waals surface area contributed by atoms with Gasteiger partial charge in [0.25, 0.3) is 0 Å². The molecule has 0 atom stereocenters. The van der Waals surface area contributed by atoms with E-state index < -0.39 is 0 Å². The molecule has 4 heteroatoms. The van der Waals surface area contributed by atoms with E-state index >= 15 is 0 Å². The summed E-state index contributed by atoms with van der Waals surface area (Å²) >= 11 is 0. The van der Waals surface area contributed by atoms with Crippen molar-refractivity contribution in [1.29, 1.82) is 5.26 Å². The molecule has 2 rings (SSSR count). The van der Waals surface area contributed by atoms with E-state index in [9.17, 15) is 0 Å². The van der Waals surface area contributed by atoms with Gasteiger partial charge in [0.1, 0.15) is 17.5 Å². The van der Waals surface area contributed by atoms with E-state index in [1.165, 1.54) is 6.20 Å². The maximum atomic E-state index is 8.69. The number of rotatable bonds is 2. The average molecular weight is 222 g/mol. The average Bonchev–Trinajstić information content (AvgIpc) is 2.38. The molecule has 2 N–H and O–H groups in total. The van der Waals surface area contributed by atoms with Crippen molar-refractivity contribution in [3.8, 4) is 6.07 Å². The normalized spacial score (nSPS) is 10.3. The molecule has 0 aliphatic rings. The summed E-state index contributed by atoms with van der Waals surface area (Å²) in [4.78, 5) is 8.04. The fourth-order valence-electron chi connectivity index (χ4n) is 1.31. The number of benzene rings is 1. The highest BCUT2D eigenvalue weighted by Gasteiger charge is 2.00. The third kappa shape index (κ3) is 2.67. The maximum absolute atomic E-state index is 8.69. The van der Waals surface area contributed by atoms with E-state index in [0.29, 0.717) is 11.4 Å². The third-order valence-electron chi connectivity index (χ3n) is 2.18. The van der Waals surface area contributed by atoms with Crippen LogP contribution in [0.1, 0.15) is 17.0 Å². The summed E-state index contributed by atoms with van der Waals surface area (Å²) in [5.74, 6) is 0.695. The van der Waals surface area contributed by atoms with E-state index in [2.05, 4.69) is 9.97 Å². The van der Waals surface area contributed by atoms with Crippen molar-refractivity contribution < 1.29 is 0 Å². The highest BCUT2D eigenvalue weighted by atomic mass is 14.9. The van der Waals surface area contributed by atoms with Crippen molar-refractivity contribution in [2.24, 2.45) is 0 Å². The van der Waals surface area contributed by atoms with Gasteiger partial charge in [0.15, 0.2) is 5.82 Å². The molecule has 0 bridgehead atoms. The molecule has 4 nitrogen and oxygen atoms in total. The van der Waals surface area contributed by atoms with E-state index in [0.717, 1.165) is 5.56 Å². The molecular weight excluding hydrogens is 212 g/mol. The first kappa shape index (κ1) is 10.8. The van der Waals surface area contributed by atoms with Crippen molar-refractivity contribution in [2.45, 2.75) is 0 Å². The minimum atomic E-state index is 0.204. The molecule has 0 aliphatic heterocycles. The monoisotopic (exact) mass is 222 g/mol. The summed E-state index contributed by atoms with van der Waals surface area (Å²) < 4.78 is 0. The molecule has 0 saturated heterocycles. The molecule has 17 heavy (non-hydrogen) atoms. The molecule has 0 aliphatic carbocycles. The van der Waals surface area contributed by atoms with Gasteiger partial charge >= 0.3 is 0 Å². The molecule has 0 saturated carbocycles. The number of nitriles is 1. The summed E-state index contributed by atoms with van der Waals surface area (Å²) in [5, 5.41) is 8.69. The molecule has 2 aromatic rings. The fourth-order valence-corrected chi connectivity index (χ4v) is 1.31. The van der Waals surface area contributed by atoms with Crippen LogP contribution in [0.25, 0.3) is 12.2 Å². The highest BCUT2D eigenvalue weighted by molar-refractivity contribution is 5.67. The van der Waals surface area contributed by atoms with Gasteiger partial charge in [-0.15, -0.1) is 0 Å². The van der Waals surface area contributed by atoms with E-state index in [4.69, 9.17) is 11.0 Å². The Hall–Kier alpha value is -2.67. The maximum Gasteiger partial charge on any atom is 0.154 e. The molecule has 0 radical (unpaired) electrons. The van der Waals surface area contributed by atoms with Gasteiger partial charge in [-0.25, -0.2) is 9.97 Å². The van der Waals surface area contributed by atoms with Crippen LogP contribution in [0, 0.1) is 11.3 Å². The quantitative estimate of drug-likeness (QED) is 0.844.